The maximum Gasteiger partial charge on any atom is 0.219 e. The standard InChI is InChI=1S/C23H25NO2/c1-18-10-12-21(13-11-18)22(23-9-6-16-26-23)14-15-24(19(2)25)17-20-7-4-3-5-8-20/h3-13,16,22H,14-15,17H2,1-2H3/t22-/m0/s1. The van der Waals surface area contributed by atoms with Crippen LogP contribution in [0.25, 0.3) is 0 Å². The predicted molar refractivity (Wildman–Crippen MR) is 104 cm³/mol. The summed E-state index contributed by atoms with van der Waals surface area (Å²) in [6, 6.07) is 22.6. The zero-order valence-corrected chi connectivity index (χ0v) is 15.4. The fraction of sp³-hybridized carbons (Fsp3) is 0.261. The third kappa shape index (κ3) is 4.63. The second-order valence-electron chi connectivity index (χ2n) is 6.69. The molecule has 1 heterocycles. The molecule has 0 fully saturated rings. The van der Waals surface area contributed by atoms with Crippen molar-refractivity contribution in [3.63, 3.8) is 0 Å². The summed E-state index contributed by atoms with van der Waals surface area (Å²) >= 11 is 0. The smallest absolute Gasteiger partial charge is 0.219 e. The number of carbonyl (C=O) groups is 1. The number of amides is 1. The molecule has 0 saturated heterocycles. The lowest BCUT2D eigenvalue weighted by atomic mass is 9.92. The molecule has 0 saturated carbocycles. The Morgan fingerprint density at radius 2 is 1.73 bits per heavy atom. The van der Waals surface area contributed by atoms with Crippen molar-refractivity contribution >= 4 is 5.91 Å². The topological polar surface area (TPSA) is 33.5 Å². The Labute approximate surface area is 155 Å². The number of nitrogens with zero attached hydrogens (tertiary/aromatic N) is 1. The molecule has 0 unspecified atom stereocenters. The van der Waals surface area contributed by atoms with Crippen LogP contribution in [0.2, 0.25) is 0 Å². The van der Waals surface area contributed by atoms with Gasteiger partial charge in [0.1, 0.15) is 5.76 Å². The number of furan rings is 1. The van der Waals surface area contributed by atoms with Crippen molar-refractivity contribution < 1.29 is 9.21 Å². The van der Waals surface area contributed by atoms with Crippen LogP contribution in [0.5, 0.6) is 0 Å². The Balaban J connectivity index is 1.75. The van der Waals surface area contributed by atoms with Gasteiger partial charge in [-0.25, -0.2) is 0 Å². The van der Waals surface area contributed by atoms with E-state index in [1.807, 2.05) is 35.2 Å². The van der Waals surface area contributed by atoms with E-state index < -0.39 is 0 Å². The fourth-order valence-corrected chi connectivity index (χ4v) is 3.20. The van der Waals surface area contributed by atoms with Crippen molar-refractivity contribution in [2.45, 2.75) is 32.7 Å². The summed E-state index contributed by atoms with van der Waals surface area (Å²) in [5.41, 5.74) is 3.60. The van der Waals surface area contributed by atoms with Gasteiger partial charge in [0.2, 0.25) is 5.91 Å². The second-order valence-corrected chi connectivity index (χ2v) is 6.69. The van der Waals surface area contributed by atoms with E-state index in [9.17, 15) is 4.79 Å². The molecule has 2 aromatic carbocycles. The van der Waals surface area contributed by atoms with E-state index in [2.05, 4.69) is 43.3 Å². The lowest BCUT2D eigenvalue weighted by molar-refractivity contribution is -0.129. The van der Waals surface area contributed by atoms with Gasteiger partial charge < -0.3 is 9.32 Å². The monoisotopic (exact) mass is 347 g/mol. The van der Waals surface area contributed by atoms with Crippen LogP contribution in [-0.4, -0.2) is 17.4 Å². The minimum Gasteiger partial charge on any atom is -0.469 e. The molecule has 0 aliphatic heterocycles. The minimum absolute atomic E-state index is 0.0935. The number of hydrogen-bond acceptors (Lipinski definition) is 2. The molecule has 0 spiro atoms. The van der Waals surface area contributed by atoms with Crippen molar-refractivity contribution in [3.8, 4) is 0 Å². The van der Waals surface area contributed by atoms with Crippen molar-refractivity contribution in [1.29, 1.82) is 0 Å². The van der Waals surface area contributed by atoms with Gasteiger partial charge in [0.25, 0.3) is 0 Å². The summed E-state index contributed by atoms with van der Waals surface area (Å²) in [6.45, 7) is 5.04. The number of rotatable bonds is 7. The highest BCUT2D eigenvalue weighted by atomic mass is 16.3. The summed E-state index contributed by atoms with van der Waals surface area (Å²) in [4.78, 5) is 14.0. The molecule has 0 N–H and O–H groups in total. The maximum absolute atomic E-state index is 12.1. The quantitative estimate of drug-likeness (QED) is 0.591. The van der Waals surface area contributed by atoms with Crippen molar-refractivity contribution in [3.05, 3.63) is 95.4 Å². The highest BCUT2D eigenvalue weighted by Gasteiger charge is 2.19. The molecule has 3 nitrogen and oxygen atoms in total. The van der Waals surface area contributed by atoms with Gasteiger partial charge in [-0.2, -0.15) is 0 Å². The lowest BCUT2D eigenvalue weighted by Gasteiger charge is -2.24. The molecule has 1 atom stereocenters. The van der Waals surface area contributed by atoms with Crippen LogP contribution >= 0.6 is 0 Å². The molecule has 26 heavy (non-hydrogen) atoms. The van der Waals surface area contributed by atoms with Gasteiger partial charge in [-0.05, 0) is 36.6 Å². The highest BCUT2D eigenvalue weighted by Crippen LogP contribution is 2.29. The molecule has 1 amide bonds. The van der Waals surface area contributed by atoms with Gasteiger partial charge in [0.05, 0.1) is 6.26 Å². The molecular weight excluding hydrogens is 322 g/mol. The van der Waals surface area contributed by atoms with Gasteiger partial charge in [-0.1, -0.05) is 60.2 Å². The van der Waals surface area contributed by atoms with Crippen molar-refractivity contribution in [2.24, 2.45) is 0 Å². The molecule has 134 valence electrons. The van der Waals surface area contributed by atoms with E-state index in [1.165, 1.54) is 11.1 Å². The number of aryl methyl sites for hydroxylation is 1. The molecule has 0 bridgehead atoms. The molecule has 0 aliphatic carbocycles. The zero-order valence-electron chi connectivity index (χ0n) is 15.4. The van der Waals surface area contributed by atoms with E-state index in [-0.39, 0.29) is 11.8 Å². The van der Waals surface area contributed by atoms with Gasteiger partial charge >= 0.3 is 0 Å². The van der Waals surface area contributed by atoms with Crippen LogP contribution in [-0.2, 0) is 11.3 Å². The normalized spacial score (nSPS) is 11.9. The van der Waals surface area contributed by atoms with E-state index >= 15 is 0 Å². The number of hydrogen-bond donors (Lipinski definition) is 0. The number of carbonyl (C=O) groups excluding carboxylic acids is 1. The summed E-state index contributed by atoms with van der Waals surface area (Å²) in [6.07, 6.45) is 2.53. The first-order chi connectivity index (χ1) is 12.6. The van der Waals surface area contributed by atoms with Gasteiger partial charge in [-0.15, -0.1) is 0 Å². The molecule has 3 aromatic rings. The predicted octanol–water partition coefficient (Wildman–Crippen LogP) is 5.16. The second kappa shape index (κ2) is 8.52. The fourth-order valence-electron chi connectivity index (χ4n) is 3.20. The van der Waals surface area contributed by atoms with Gasteiger partial charge in [0, 0.05) is 25.9 Å². The summed E-state index contributed by atoms with van der Waals surface area (Å²) in [5.74, 6) is 1.18. The molecule has 3 rings (SSSR count). The first kappa shape index (κ1) is 18.0. The molecule has 3 heteroatoms. The van der Waals surface area contributed by atoms with Crippen LogP contribution in [0.3, 0.4) is 0 Å². The minimum atomic E-state index is 0.0935. The zero-order chi connectivity index (χ0) is 18.4. The van der Waals surface area contributed by atoms with E-state index in [0.717, 1.165) is 17.7 Å². The van der Waals surface area contributed by atoms with Crippen LogP contribution in [0.1, 0.15) is 41.7 Å². The van der Waals surface area contributed by atoms with E-state index in [1.54, 1.807) is 13.2 Å². The van der Waals surface area contributed by atoms with Crippen LogP contribution < -0.4 is 0 Å². The highest BCUT2D eigenvalue weighted by molar-refractivity contribution is 5.73. The first-order valence-corrected chi connectivity index (χ1v) is 9.03. The van der Waals surface area contributed by atoms with E-state index in [0.29, 0.717) is 13.1 Å². The lowest BCUT2D eigenvalue weighted by Crippen LogP contribution is -2.30. The average molecular weight is 347 g/mol. The van der Waals surface area contributed by atoms with E-state index in [4.69, 9.17) is 4.42 Å². The molecule has 1 aromatic heterocycles. The molecule has 0 radical (unpaired) electrons. The van der Waals surface area contributed by atoms with Crippen LogP contribution in [0.4, 0.5) is 0 Å². The summed E-state index contributed by atoms with van der Waals surface area (Å²) in [7, 11) is 0. The molecular formula is C23H25NO2. The Morgan fingerprint density at radius 1 is 1.00 bits per heavy atom. The van der Waals surface area contributed by atoms with Crippen molar-refractivity contribution in [2.75, 3.05) is 6.54 Å². The van der Waals surface area contributed by atoms with Crippen LogP contribution in [0, 0.1) is 6.92 Å². The molecule has 0 aliphatic rings. The average Bonchev–Trinajstić information content (AvgIpc) is 3.17. The van der Waals surface area contributed by atoms with Crippen LogP contribution in [0.15, 0.2) is 77.4 Å². The Morgan fingerprint density at radius 3 is 2.35 bits per heavy atom. The third-order valence-corrected chi connectivity index (χ3v) is 4.72. The Kier molecular flexibility index (Phi) is 5.90. The van der Waals surface area contributed by atoms with Crippen molar-refractivity contribution in [1.82, 2.24) is 4.90 Å². The van der Waals surface area contributed by atoms with Gasteiger partial charge in [0.15, 0.2) is 0 Å². The summed E-state index contributed by atoms with van der Waals surface area (Å²) < 4.78 is 5.69. The Hall–Kier alpha value is -2.81. The SMILES string of the molecule is CC(=O)N(CC[C@@H](c1ccc(C)cc1)c1ccco1)Cc1ccccc1. The largest absolute Gasteiger partial charge is 0.469 e. The third-order valence-electron chi connectivity index (χ3n) is 4.72. The Bertz CT molecular complexity index is 807. The van der Waals surface area contributed by atoms with Gasteiger partial charge in [-0.3, -0.25) is 4.79 Å². The maximum atomic E-state index is 12.1. The summed E-state index contributed by atoms with van der Waals surface area (Å²) in [5, 5.41) is 0. The first-order valence-electron chi connectivity index (χ1n) is 9.03. The number of benzene rings is 2.